The van der Waals surface area contributed by atoms with Crippen molar-refractivity contribution in [1.29, 1.82) is 0 Å². The maximum atomic E-state index is 10.9. The van der Waals surface area contributed by atoms with Crippen molar-refractivity contribution in [2.75, 3.05) is 5.43 Å². The third-order valence-electron chi connectivity index (χ3n) is 3.74. The van der Waals surface area contributed by atoms with Crippen LogP contribution >= 0.6 is 0 Å². The molecule has 1 aliphatic carbocycles. The van der Waals surface area contributed by atoms with Crippen molar-refractivity contribution in [3.05, 3.63) is 22.2 Å². The van der Waals surface area contributed by atoms with E-state index in [9.17, 15) is 10.1 Å². The van der Waals surface area contributed by atoms with E-state index >= 15 is 0 Å². The molecule has 1 aromatic rings. The van der Waals surface area contributed by atoms with Gasteiger partial charge in [0.1, 0.15) is 6.10 Å². The Morgan fingerprint density at radius 2 is 2.35 bits per heavy atom. The van der Waals surface area contributed by atoms with E-state index in [4.69, 9.17) is 10.6 Å². The molecule has 1 saturated carbocycles. The molecule has 3 N–H and O–H groups in total. The number of aromatic nitrogens is 1. The smallest absolute Gasteiger partial charge is 0.278 e. The molecule has 2 unspecified atom stereocenters. The lowest BCUT2D eigenvalue weighted by Crippen LogP contribution is -2.25. The van der Waals surface area contributed by atoms with Crippen LogP contribution in [0.1, 0.15) is 39.0 Å². The van der Waals surface area contributed by atoms with E-state index in [0.29, 0.717) is 5.92 Å². The SMILES string of the molecule is CCC1CCCC(Oc2cc([N+](=O)[O-])cc(NN)n2)C1. The maximum Gasteiger partial charge on any atom is 0.278 e. The molecule has 1 heterocycles. The van der Waals surface area contributed by atoms with Gasteiger partial charge in [0, 0.05) is 0 Å². The number of hydrogen-bond acceptors (Lipinski definition) is 6. The van der Waals surface area contributed by atoms with E-state index in [-0.39, 0.29) is 23.5 Å². The molecule has 20 heavy (non-hydrogen) atoms. The fraction of sp³-hybridized carbons (Fsp3) is 0.615. The second kappa shape index (κ2) is 6.51. The molecular weight excluding hydrogens is 260 g/mol. The molecule has 1 aliphatic rings. The molecule has 1 aromatic heterocycles. The molecule has 0 bridgehead atoms. The summed E-state index contributed by atoms with van der Waals surface area (Å²) in [6, 6.07) is 2.62. The Morgan fingerprint density at radius 3 is 3.00 bits per heavy atom. The van der Waals surface area contributed by atoms with Crippen molar-refractivity contribution in [2.45, 2.75) is 45.1 Å². The Bertz CT molecular complexity index is 481. The quantitative estimate of drug-likeness (QED) is 0.488. The van der Waals surface area contributed by atoms with Crippen molar-refractivity contribution in [3.63, 3.8) is 0 Å². The molecule has 110 valence electrons. The highest BCUT2D eigenvalue weighted by atomic mass is 16.6. The minimum Gasteiger partial charge on any atom is -0.474 e. The average Bonchev–Trinajstić information content (AvgIpc) is 2.47. The number of nitrogens with two attached hydrogens (primary N) is 1. The zero-order valence-corrected chi connectivity index (χ0v) is 11.5. The summed E-state index contributed by atoms with van der Waals surface area (Å²) >= 11 is 0. The van der Waals surface area contributed by atoms with Crippen LogP contribution in [0.15, 0.2) is 12.1 Å². The topological polar surface area (TPSA) is 103 Å². The van der Waals surface area contributed by atoms with Crippen LogP contribution in [0, 0.1) is 16.0 Å². The number of anilines is 1. The van der Waals surface area contributed by atoms with Crippen molar-refractivity contribution in [1.82, 2.24) is 4.98 Å². The van der Waals surface area contributed by atoms with E-state index in [0.717, 1.165) is 25.7 Å². The van der Waals surface area contributed by atoms with Crippen LogP contribution in [0.4, 0.5) is 11.5 Å². The van der Waals surface area contributed by atoms with Crippen LogP contribution in [0.2, 0.25) is 0 Å². The summed E-state index contributed by atoms with van der Waals surface area (Å²) in [7, 11) is 0. The van der Waals surface area contributed by atoms with Gasteiger partial charge in [0.2, 0.25) is 5.88 Å². The predicted octanol–water partition coefficient (Wildman–Crippen LogP) is 2.62. The Balaban J connectivity index is 2.11. The molecule has 7 heteroatoms. The van der Waals surface area contributed by atoms with Gasteiger partial charge in [-0.3, -0.25) is 10.1 Å². The number of hydrazine groups is 1. The third-order valence-corrected chi connectivity index (χ3v) is 3.74. The highest BCUT2D eigenvalue weighted by molar-refractivity contribution is 5.47. The van der Waals surface area contributed by atoms with Crippen molar-refractivity contribution in [2.24, 2.45) is 11.8 Å². The van der Waals surface area contributed by atoms with Crippen LogP contribution in [0.5, 0.6) is 5.88 Å². The van der Waals surface area contributed by atoms with Crippen LogP contribution < -0.4 is 16.0 Å². The van der Waals surface area contributed by atoms with Gasteiger partial charge in [-0.1, -0.05) is 19.8 Å². The van der Waals surface area contributed by atoms with Crippen molar-refractivity contribution in [3.8, 4) is 5.88 Å². The number of rotatable bonds is 5. The number of ether oxygens (including phenoxy) is 1. The molecule has 2 atom stereocenters. The number of nitro groups is 1. The average molecular weight is 280 g/mol. The lowest BCUT2D eigenvalue weighted by atomic mass is 9.85. The fourth-order valence-electron chi connectivity index (χ4n) is 2.62. The lowest BCUT2D eigenvalue weighted by molar-refractivity contribution is -0.384. The van der Waals surface area contributed by atoms with Crippen LogP contribution in [0.25, 0.3) is 0 Å². The second-order valence-corrected chi connectivity index (χ2v) is 5.13. The largest absolute Gasteiger partial charge is 0.474 e. The summed E-state index contributed by atoms with van der Waals surface area (Å²) in [6.45, 7) is 2.18. The normalized spacial score (nSPS) is 22.3. The Labute approximate surface area is 117 Å². The Kier molecular flexibility index (Phi) is 4.73. The van der Waals surface area contributed by atoms with Gasteiger partial charge in [-0.2, -0.15) is 4.98 Å². The molecular formula is C13H20N4O3. The molecule has 0 spiro atoms. The fourth-order valence-corrected chi connectivity index (χ4v) is 2.62. The van der Waals surface area contributed by atoms with Gasteiger partial charge in [-0.05, 0) is 25.2 Å². The molecule has 0 aliphatic heterocycles. The Hall–Kier alpha value is -1.89. The molecule has 7 nitrogen and oxygen atoms in total. The van der Waals surface area contributed by atoms with Gasteiger partial charge in [0.05, 0.1) is 17.1 Å². The summed E-state index contributed by atoms with van der Waals surface area (Å²) in [5.74, 6) is 6.43. The van der Waals surface area contributed by atoms with E-state index in [1.807, 2.05) is 0 Å². The number of nitrogens with zero attached hydrogens (tertiary/aromatic N) is 2. The number of pyridine rings is 1. The van der Waals surface area contributed by atoms with Crippen molar-refractivity contribution < 1.29 is 9.66 Å². The van der Waals surface area contributed by atoms with Gasteiger partial charge < -0.3 is 10.2 Å². The third kappa shape index (κ3) is 3.57. The monoisotopic (exact) mass is 280 g/mol. The number of nitrogen functional groups attached to an aromatic ring is 1. The first kappa shape index (κ1) is 14.5. The standard InChI is InChI=1S/C13H20N4O3/c1-2-9-4-3-5-11(6-9)20-13-8-10(17(18)19)7-12(15-13)16-14/h7-9,11H,2-6,14H2,1H3,(H,15,16). The van der Waals surface area contributed by atoms with Gasteiger partial charge in [0.15, 0.2) is 5.82 Å². The van der Waals surface area contributed by atoms with E-state index in [1.165, 1.54) is 18.6 Å². The highest BCUT2D eigenvalue weighted by Gasteiger charge is 2.23. The molecule has 1 fully saturated rings. The molecule has 2 rings (SSSR count). The molecule has 0 saturated heterocycles. The van der Waals surface area contributed by atoms with Gasteiger partial charge in [-0.25, -0.2) is 5.84 Å². The van der Waals surface area contributed by atoms with E-state index in [2.05, 4.69) is 17.3 Å². The van der Waals surface area contributed by atoms with E-state index in [1.54, 1.807) is 0 Å². The first-order valence-corrected chi connectivity index (χ1v) is 6.92. The summed E-state index contributed by atoms with van der Waals surface area (Å²) in [6.07, 6.45) is 5.51. The van der Waals surface area contributed by atoms with Gasteiger partial charge in [-0.15, -0.1) is 0 Å². The van der Waals surface area contributed by atoms with Gasteiger partial charge in [0.25, 0.3) is 5.69 Å². The molecule has 0 amide bonds. The second-order valence-electron chi connectivity index (χ2n) is 5.13. The summed E-state index contributed by atoms with van der Waals surface area (Å²) < 4.78 is 5.81. The first-order chi connectivity index (χ1) is 9.62. The van der Waals surface area contributed by atoms with Gasteiger partial charge >= 0.3 is 0 Å². The predicted molar refractivity (Wildman–Crippen MR) is 75.4 cm³/mol. The minimum atomic E-state index is -0.481. The minimum absolute atomic E-state index is 0.0776. The summed E-state index contributed by atoms with van der Waals surface area (Å²) in [4.78, 5) is 14.5. The van der Waals surface area contributed by atoms with Crippen LogP contribution in [0.3, 0.4) is 0 Å². The first-order valence-electron chi connectivity index (χ1n) is 6.92. The lowest BCUT2D eigenvalue weighted by Gasteiger charge is -2.28. The molecule has 0 radical (unpaired) electrons. The molecule has 0 aromatic carbocycles. The van der Waals surface area contributed by atoms with Crippen molar-refractivity contribution >= 4 is 11.5 Å². The van der Waals surface area contributed by atoms with Crippen LogP contribution in [-0.2, 0) is 0 Å². The van der Waals surface area contributed by atoms with E-state index < -0.39 is 4.92 Å². The highest BCUT2D eigenvalue weighted by Crippen LogP contribution is 2.30. The Morgan fingerprint density at radius 1 is 1.55 bits per heavy atom. The number of nitrogens with one attached hydrogen (secondary N) is 1. The maximum absolute atomic E-state index is 10.9. The zero-order valence-electron chi connectivity index (χ0n) is 11.5. The summed E-state index contributed by atoms with van der Waals surface area (Å²) in [5.41, 5.74) is 2.25. The van der Waals surface area contributed by atoms with Crippen LogP contribution in [-0.4, -0.2) is 16.0 Å². The number of hydrogen-bond donors (Lipinski definition) is 2. The zero-order chi connectivity index (χ0) is 14.5. The summed E-state index contributed by atoms with van der Waals surface area (Å²) in [5, 5.41) is 10.9.